The highest BCUT2D eigenvalue weighted by atomic mass is 32.2. The van der Waals surface area contributed by atoms with Gasteiger partial charge in [-0.15, -0.1) is 0 Å². The van der Waals surface area contributed by atoms with E-state index in [2.05, 4.69) is 4.72 Å². The minimum Gasteiger partial charge on any atom is -0.465 e. The minimum atomic E-state index is -4.09. The molecule has 21 heavy (non-hydrogen) atoms. The van der Waals surface area contributed by atoms with E-state index in [0.717, 1.165) is 6.07 Å². The van der Waals surface area contributed by atoms with Crippen LogP contribution in [0.2, 0.25) is 0 Å². The molecule has 9 heteroatoms. The number of ether oxygens (including phenoxy) is 1. The summed E-state index contributed by atoms with van der Waals surface area (Å²) in [5.41, 5.74) is -1.84. The van der Waals surface area contributed by atoms with Gasteiger partial charge in [0.2, 0.25) is 10.0 Å². The molecule has 0 unspecified atom stereocenters. The van der Waals surface area contributed by atoms with E-state index in [9.17, 15) is 23.3 Å². The second-order valence-electron chi connectivity index (χ2n) is 4.71. The predicted octanol–water partition coefficient (Wildman–Crippen LogP) is 1.21. The third-order valence-electron chi connectivity index (χ3n) is 2.51. The number of nitrogens with one attached hydrogen (secondary N) is 1. The molecule has 116 valence electrons. The molecule has 0 aliphatic rings. The van der Waals surface area contributed by atoms with Crippen molar-refractivity contribution in [2.75, 3.05) is 6.61 Å². The van der Waals surface area contributed by atoms with Crippen LogP contribution in [0.4, 0.5) is 5.69 Å². The van der Waals surface area contributed by atoms with Crippen LogP contribution in [-0.4, -0.2) is 31.5 Å². The summed E-state index contributed by atoms with van der Waals surface area (Å²) >= 11 is 0. The normalized spacial score (nSPS) is 12.0. The lowest BCUT2D eigenvalue weighted by molar-refractivity contribution is -0.385. The van der Waals surface area contributed by atoms with Crippen LogP contribution in [0.25, 0.3) is 0 Å². The van der Waals surface area contributed by atoms with Crippen molar-refractivity contribution in [1.82, 2.24) is 4.72 Å². The lowest BCUT2D eigenvalue weighted by Gasteiger charge is -2.23. The Kier molecular flexibility index (Phi) is 5.02. The molecule has 1 aromatic rings. The second kappa shape index (κ2) is 6.19. The van der Waals surface area contributed by atoms with E-state index < -0.39 is 26.5 Å². The number of hydrogen-bond acceptors (Lipinski definition) is 6. The van der Waals surface area contributed by atoms with Gasteiger partial charge >= 0.3 is 5.97 Å². The van der Waals surface area contributed by atoms with Crippen molar-refractivity contribution in [2.24, 2.45) is 0 Å². The van der Waals surface area contributed by atoms with Gasteiger partial charge in [0.05, 0.1) is 16.4 Å². The standard InChI is InChI=1S/C12H16N2O6S/c1-4-20-11(15)12(2,3)13-21(18,19)10-7-5-6-9(8-10)14(16)17/h5-8,13H,4H2,1-3H3. The maximum absolute atomic E-state index is 12.2. The van der Waals surface area contributed by atoms with E-state index in [4.69, 9.17) is 4.74 Å². The van der Waals surface area contributed by atoms with Crippen LogP contribution in [0.5, 0.6) is 0 Å². The van der Waals surface area contributed by atoms with Gasteiger partial charge in [-0.3, -0.25) is 14.9 Å². The first-order chi connectivity index (χ1) is 9.60. The Morgan fingerprint density at radius 2 is 2.05 bits per heavy atom. The number of rotatable bonds is 6. The van der Waals surface area contributed by atoms with Gasteiger partial charge < -0.3 is 4.74 Å². The fourth-order valence-corrected chi connectivity index (χ4v) is 2.92. The molecule has 0 fully saturated rings. The highest BCUT2D eigenvalue weighted by molar-refractivity contribution is 7.89. The zero-order valence-electron chi connectivity index (χ0n) is 11.8. The first-order valence-electron chi connectivity index (χ1n) is 6.06. The molecule has 0 atom stereocenters. The molecule has 0 amide bonds. The van der Waals surface area contributed by atoms with Gasteiger partial charge in [-0.1, -0.05) is 6.07 Å². The fraction of sp³-hybridized carbons (Fsp3) is 0.417. The number of nitrogens with zero attached hydrogens (tertiary/aromatic N) is 1. The van der Waals surface area contributed by atoms with E-state index in [1.54, 1.807) is 6.92 Å². The summed E-state index contributed by atoms with van der Waals surface area (Å²) in [6.45, 7) is 4.41. The number of esters is 1. The Labute approximate surface area is 122 Å². The van der Waals surface area contributed by atoms with E-state index in [1.165, 1.54) is 32.0 Å². The smallest absolute Gasteiger partial charge is 0.326 e. The monoisotopic (exact) mass is 316 g/mol. The molecule has 0 radical (unpaired) electrons. The Hall–Kier alpha value is -2.00. The van der Waals surface area contributed by atoms with Crippen molar-refractivity contribution >= 4 is 21.7 Å². The molecular weight excluding hydrogens is 300 g/mol. The summed E-state index contributed by atoms with van der Waals surface area (Å²) < 4.78 is 31.3. The third kappa shape index (κ3) is 4.23. The molecule has 8 nitrogen and oxygen atoms in total. The van der Waals surface area contributed by atoms with E-state index in [0.29, 0.717) is 0 Å². The number of sulfonamides is 1. The van der Waals surface area contributed by atoms with Crippen molar-refractivity contribution < 1.29 is 22.9 Å². The molecule has 0 bridgehead atoms. The van der Waals surface area contributed by atoms with Crippen LogP contribution >= 0.6 is 0 Å². The fourth-order valence-electron chi connectivity index (χ4n) is 1.51. The van der Waals surface area contributed by atoms with Crippen LogP contribution in [0.3, 0.4) is 0 Å². The van der Waals surface area contributed by atoms with Gasteiger partial charge in [0.1, 0.15) is 5.54 Å². The highest BCUT2D eigenvalue weighted by Crippen LogP contribution is 2.19. The van der Waals surface area contributed by atoms with Crippen LogP contribution in [-0.2, 0) is 19.6 Å². The van der Waals surface area contributed by atoms with Crippen LogP contribution in [0.1, 0.15) is 20.8 Å². The van der Waals surface area contributed by atoms with E-state index in [-0.39, 0.29) is 17.2 Å². The Morgan fingerprint density at radius 3 is 2.57 bits per heavy atom. The van der Waals surface area contributed by atoms with Gasteiger partial charge in [0.25, 0.3) is 5.69 Å². The average Bonchev–Trinajstić information content (AvgIpc) is 2.38. The van der Waals surface area contributed by atoms with Gasteiger partial charge in [0.15, 0.2) is 0 Å². The number of nitro groups is 1. The van der Waals surface area contributed by atoms with Gasteiger partial charge in [-0.05, 0) is 26.8 Å². The summed E-state index contributed by atoms with van der Waals surface area (Å²) in [6, 6.07) is 4.56. The number of non-ortho nitro benzene ring substituents is 1. The third-order valence-corrected chi connectivity index (χ3v) is 4.17. The Bertz CT molecular complexity index is 653. The lowest BCUT2D eigenvalue weighted by atomic mass is 10.1. The summed E-state index contributed by atoms with van der Waals surface area (Å²) in [4.78, 5) is 21.4. The number of nitro benzene ring substituents is 1. The topological polar surface area (TPSA) is 116 Å². The largest absolute Gasteiger partial charge is 0.465 e. The minimum absolute atomic E-state index is 0.112. The van der Waals surface area contributed by atoms with Crippen LogP contribution in [0, 0.1) is 10.1 Å². The number of benzene rings is 1. The quantitative estimate of drug-likeness (QED) is 0.479. The molecular formula is C12H16N2O6S. The first-order valence-corrected chi connectivity index (χ1v) is 7.54. The van der Waals surface area contributed by atoms with E-state index in [1.807, 2.05) is 0 Å². The van der Waals surface area contributed by atoms with Gasteiger partial charge in [0, 0.05) is 12.1 Å². The summed E-state index contributed by atoms with van der Waals surface area (Å²) in [7, 11) is -4.09. The van der Waals surface area contributed by atoms with Crippen molar-refractivity contribution in [3.63, 3.8) is 0 Å². The molecule has 0 spiro atoms. The number of carbonyl (C=O) groups is 1. The van der Waals surface area contributed by atoms with Gasteiger partial charge in [-0.2, -0.15) is 4.72 Å². The molecule has 0 saturated heterocycles. The summed E-state index contributed by atoms with van der Waals surface area (Å²) in [5.74, 6) is -0.737. The van der Waals surface area contributed by atoms with Crippen molar-refractivity contribution in [2.45, 2.75) is 31.2 Å². The lowest BCUT2D eigenvalue weighted by Crippen LogP contribution is -2.50. The number of carbonyl (C=O) groups excluding carboxylic acids is 1. The molecule has 0 aliphatic heterocycles. The van der Waals surface area contributed by atoms with E-state index >= 15 is 0 Å². The maximum atomic E-state index is 12.2. The molecule has 0 saturated carbocycles. The Morgan fingerprint density at radius 1 is 1.43 bits per heavy atom. The molecule has 0 heterocycles. The summed E-state index contributed by atoms with van der Waals surface area (Å²) in [5, 5.41) is 10.7. The molecule has 1 rings (SSSR count). The van der Waals surface area contributed by atoms with Crippen molar-refractivity contribution in [3.8, 4) is 0 Å². The highest BCUT2D eigenvalue weighted by Gasteiger charge is 2.34. The first kappa shape index (κ1) is 17.1. The molecule has 0 aliphatic carbocycles. The Balaban J connectivity index is 3.09. The zero-order chi connectivity index (χ0) is 16.3. The average molecular weight is 316 g/mol. The number of hydrogen-bond donors (Lipinski definition) is 1. The molecule has 0 aromatic heterocycles. The second-order valence-corrected chi connectivity index (χ2v) is 6.39. The summed E-state index contributed by atoms with van der Waals surface area (Å²) in [6.07, 6.45) is 0. The van der Waals surface area contributed by atoms with Crippen LogP contribution < -0.4 is 4.72 Å². The van der Waals surface area contributed by atoms with Crippen LogP contribution in [0.15, 0.2) is 29.2 Å². The molecule has 1 N–H and O–H groups in total. The van der Waals surface area contributed by atoms with Crippen molar-refractivity contribution in [1.29, 1.82) is 0 Å². The SMILES string of the molecule is CCOC(=O)C(C)(C)NS(=O)(=O)c1cccc([N+](=O)[O-])c1. The van der Waals surface area contributed by atoms with Crippen molar-refractivity contribution in [3.05, 3.63) is 34.4 Å². The van der Waals surface area contributed by atoms with Gasteiger partial charge in [-0.25, -0.2) is 8.42 Å². The maximum Gasteiger partial charge on any atom is 0.326 e. The molecule has 1 aromatic carbocycles. The predicted molar refractivity (Wildman–Crippen MR) is 74.1 cm³/mol. The zero-order valence-corrected chi connectivity index (χ0v) is 12.6.